The minimum Gasteiger partial charge on any atom is -0.371 e. The summed E-state index contributed by atoms with van der Waals surface area (Å²) in [6.45, 7) is 8.74. The summed E-state index contributed by atoms with van der Waals surface area (Å²) < 4.78 is 5.53. The highest BCUT2D eigenvalue weighted by Gasteiger charge is 2.17. The van der Waals surface area contributed by atoms with Crippen LogP contribution in [0.25, 0.3) is 0 Å². The summed E-state index contributed by atoms with van der Waals surface area (Å²) in [6.07, 6.45) is 2.04. The van der Waals surface area contributed by atoms with Gasteiger partial charge in [0.25, 0.3) is 0 Å². The van der Waals surface area contributed by atoms with E-state index in [9.17, 15) is 4.79 Å². The fraction of sp³-hybridized carbons (Fsp3) is 0.562. The van der Waals surface area contributed by atoms with Crippen molar-refractivity contribution < 1.29 is 9.53 Å². The second-order valence-electron chi connectivity index (χ2n) is 4.87. The van der Waals surface area contributed by atoms with E-state index in [0.717, 1.165) is 18.4 Å². The lowest BCUT2D eigenvalue weighted by molar-refractivity contribution is -0.130. The third-order valence-electron chi connectivity index (χ3n) is 2.94. The molecule has 0 aliphatic rings. The van der Waals surface area contributed by atoms with Gasteiger partial charge in [-0.2, -0.15) is 0 Å². The van der Waals surface area contributed by atoms with Gasteiger partial charge in [0.1, 0.15) is 6.10 Å². The molecule has 1 aromatic carbocycles. The molecule has 0 fully saturated rings. The number of carbonyl (C=O) groups excluding carboxylic acids is 1. The molecule has 1 rings (SSSR count). The number of benzene rings is 1. The van der Waals surface area contributed by atoms with Crippen LogP contribution in [0.1, 0.15) is 43.4 Å². The van der Waals surface area contributed by atoms with Gasteiger partial charge < -0.3 is 4.74 Å². The van der Waals surface area contributed by atoms with Crippen LogP contribution in [0.15, 0.2) is 18.2 Å². The molecule has 18 heavy (non-hydrogen) atoms. The zero-order chi connectivity index (χ0) is 13.5. The van der Waals surface area contributed by atoms with Crippen molar-refractivity contribution >= 4 is 5.78 Å². The molecule has 2 nitrogen and oxygen atoms in total. The highest BCUT2D eigenvalue weighted by Crippen LogP contribution is 2.13. The summed E-state index contributed by atoms with van der Waals surface area (Å²) in [7, 11) is 0. The molecule has 2 heteroatoms. The quantitative estimate of drug-likeness (QED) is 0.736. The molecule has 0 saturated heterocycles. The van der Waals surface area contributed by atoms with Crippen LogP contribution in [-0.2, 0) is 16.0 Å². The van der Waals surface area contributed by atoms with Crippen LogP contribution >= 0.6 is 0 Å². The van der Waals surface area contributed by atoms with Crippen molar-refractivity contribution in [2.75, 3.05) is 6.61 Å². The van der Waals surface area contributed by atoms with Crippen molar-refractivity contribution in [3.05, 3.63) is 34.9 Å². The first-order valence-electron chi connectivity index (χ1n) is 6.78. The minimum absolute atomic E-state index is 0.198. The Labute approximate surface area is 110 Å². The number of Topliss-reactive ketones (excluding diaryl/α,β-unsaturated/α-hetero) is 1. The second kappa shape index (κ2) is 7.32. The first-order valence-corrected chi connectivity index (χ1v) is 6.78. The van der Waals surface area contributed by atoms with E-state index in [1.165, 1.54) is 11.1 Å². The van der Waals surface area contributed by atoms with E-state index >= 15 is 0 Å². The first-order chi connectivity index (χ1) is 8.56. The highest BCUT2D eigenvalue weighted by atomic mass is 16.5. The fourth-order valence-electron chi connectivity index (χ4n) is 2.29. The molecule has 0 aliphatic heterocycles. The monoisotopic (exact) mass is 248 g/mol. The Hall–Kier alpha value is -1.15. The summed E-state index contributed by atoms with van der Waals surface area (Å²) in [5.74, 6) is 0.198. The Balaban J connectivity index is 2.72. The number of ketones is 1. The van der Waals surface area contributed by atoms with Crippen LogP contribution in [0, 0.1) is 13.8 Å². The van der Waals surface area contributed by atoms with Gasteiger partial charge in [-0.05, 0) is 32.8 Å². The summed E-state index contributed by atoms with van der Waals surface area (Å²) in [5, 5.41) is 0. The van der Waals surface area contributed by atoms with E-state index < -0.39 is 0 Å². The van der Waals surface area contributed by atoms with Crippen LogP contribution in [0.5, 0.6) is 0 Å². The van der Waals surface area contributed by atoms with Gasteiger partial charge in [0, 0.05) is 13.0 Å². The molecule has 0 N–H and O–H groups in total. The molecule has 0 aromatic heterocycles. The molecule has 0 saturated carbocycles. The van der Waals surface area contributed by atoms with E-state index in [1.54, 1.807) is 0 Å². The van der Waals surface area contributed by atoms with E-state index in [-0.39, 0.29) is 11.9 Å². The predicted molar refractivity (Wildman–Crippen MR) is 74.9 cm³/mol. The third kappa shape index (κ3) is 4.61. The summed E-state index contributed by atoms with van der Waals surface area (Å²) >= 11 is 0. The van der Waals surface area contributed by atoms with Crippen LogP contribution in [-0.4, -0.2) is 18.5 Å². The maximum atomic E-state index is 12.2. The maximum Gasteiger partial charge on any atom is 0.165 e. The van der Waals surface area contributed by atoms with E-state index in [1.807, 2.05) is 6.92 Å². The van der Waals surface area contributed by atoms with Gasteiger partial charge in [-0.1, -0.05) is 42.7 Å². The van der Waals surface area contributed by atoms with Crippen molar-refractivity contribution in [2.45, 2.75) is 53.1 Å². The first kappa shape index (κ1) is 14.9. The van der Waals surface area contributed by atoms with Gasteiger partial charge in [-0.25, -0.2) is 0 Å². The van der Waals surface area contributed by atoms with Crippen molar-refractivity contribution in [1.82, 2.24) is 0 Å². The minimum atomic E-state index is -0.235. The molecular weight excluding hydrogens is 224 g/mol. The average Bonchev–Trinajstić information content (AvgIpc) is 2.27. The Morgan fingerprint density at radius 3 is 2.28 bits per heavy atom. The molecule has 0 spiro atoms. The molecule has 0 aliphatic carbocycles. The molecule has 1 aromatic rings. The van der Waals surface area contributed by atoms with Gasteiger partial charge >= 0.3 is 0 Å². The van der Waals surface area contributed by atoms with E-state index in [0.29, 0.717) is 13.0 Å². The van der Waals surface area contributed by atoms with Crippen molar-refractivity contribution in [2.24, 2.45) is 0 Å². The highest BCUT2D eigenvalue weighted by molar-refractivity contribution is 5.85. The second-order valence-corrected chi connectivity index (χ2v) is 4.87. The molecular formula is C16H24O2. The summed E-state index contributed by atoms with van der Waals surface area (Å²) in [6, 6.07) is 6.29. The van der Waals surface area contributed by atoms with E-state index in [4.69, 9.17) is 4.74 Å². The number of ether oxygens (including phenoxy) is 1. The molecule has 0 radical (unpaired) electrons. The molecule has 1 atom stereocenters. The molecule has 0 heterocycles. The fourth-order valence-corrected chi connectivity index (χ4v) is 2.29. The number of rotatable bonds is 7. The van der Waals surface area contributed by atoms with Crippen LogP contribution in [0.4, 0.5) is 0 Å². The van der Waals surface area contributed by atoms with Gasteiger partial charge in [0.2, 0.25) is 0 Å². The Bertz CT molecular complexity index is 370. The topological polar surface area (TPSA) is 26.3 Å². The van der Waals surface area contributed by atoms with Crippen molar-refractivity contribution in [3.63, 3.8) is 0 Å². The largest absolute Gasteiger partial charge is 0.371 e. The average molecular weight is 248 g/mol. The zero-order valence-electron chi connectivity index (χ0n) is 12.0. The Morgan fingerprint density at radius 1 is 1.17 bits per heavy atom. The summed E-state index contributed by atoms with van der Waals surface area (Å²) in [5.41, 5.74) is 3.51. The lowest BCUT2D eigenvalue weighted by Gasteiger charge is -2.15. The van der Waals surface area contributed by atoms with Crippen molar-refractivity contribution in [3.8, 4) is 0 Å². The number of carbonyl (C=O) groups is 1. The van der Waals surface area contributed by atoms with Crippen LogP contribution in [0.3, 0.4) is 0 Å². The molecule has 1 unspecified atom stereocenters. The van der Waals surface area contributed by atoms with Gasteiger partial charge in [0.05, 0.1) is 0 Å². The standard InChI is InChI=1S/C16H24O2/c1-5-7-16(18-6-2)15(17)11-14-9-12(3)8-13(4)10-14/h8-10,16H,5-7,11H2,1-4H3. The van der Waals surface area contributed by atoms with Crippen LogP contribution < -0.4 is 0 Å². The number of aryl methyl sites for hydroxylation is 2. The SMILES string of the molecule is CCCC(OCC)C(=O)Cc1cc(C)cc(C)c1. The maximum absolute atomic E-state index is 12.2. The van der Waals surface area contributed by atoms with Gasteiger partial charge in [0.15, 0.2) is 5.78 Å². The predicted octanol–water partition coefficient (Wildman–Crippen LogP) is 3.62. The normalized spacial score (nSPS) is 12.4. The molecule has 0 bridgehead atoms. The molecule has 0 amide bonds. The lowest BCUT2D eigenvalue weighted by Crippen LogP contribution is -2.26. The zero-order valence-corrected chi connectivity index (χ0v) is 12.0. The Kier molecular flexibility index (Phi) is 6.06. The number of hydrogen-bond acceptors (Lipinski definition) is 2. The van der Waals surface area contributed by atoms with Gasteiger partial charge in [-0.3, -0.25) is 4.79 Å². The van der Waals surface area contributed by atoms with Gasteiger partial charge in [-0.15, -0.1) is 0 Å². The van der Waals surface area contributed by atoms with Crippen LogP contribution in [0.2, 0.25) is 0 Å². The molecule has 100 valence electrons. The number of hydrogen-bond donors (Lipinski definition) is 0. The smallest absolute Gasteiger partial charge is 0.165 e. The Morgan fingerprint density at radius 2 is 1.78 bits per heavy atom. The van der Waals surface area contributed by atoms with Crippen molar-refractivity contribution in [1.29, 1.82) is 0 Å². The third-order valence-corrected chi connectivity index (χ3v) is 2.94. The summed E-state index contributed by atoms with van der Waals surface area (Å²) in [4.78, 5) is 12.2. The van der Waals surface area contributed by atoms with E-state index in [2.05, 4.69) is 39.0 Å². The lowest BCUT2D eigenvalue weighted by atomic mass is 9.99.